The van der Waals surface area contributed by atoms with Crippen molar-refractivity contribution in [3.63, 3.8) is 0 Å². The van der Waals surface area contributed by atoms with Gasteiger partial charge >= 0.3 is 5.97 Å². The Morgan fingerprint density at radius 3 is 2.60 bits per heavy atom. The molecule has 0 saturated carbocycles. The third kappa shape index (κ3) is 4.32. The molecule has 3 heterocycles. The van der Waals surface area contributed by atoms with Gasteiger partial charge in [0, 0.05) is 17.2 Å². The molecule has 4 rings (SSSR count). The standard InChI is InChI=1S/C25H23N3O6S/c1-5-34-24(32)22-14(3)27-25(35-22)28-19(16-7-6-10-26-12-16)18(21(30)23(28)31)20(29)15-8-9-17(33-4)13(2)11-15/h6-12,18-19H,5H2,1-4H3/p+1. The molecule has 2 atom stereocenters. The third-order valence-corrected chi connectivity index (χ3v) is 6.93. The van der Waals surface area contributed by atoms with E-state index in [4.69, 9.17) is 9.47 Å². The number of carbonyl (C=O) groups is 4. The summed E-state index contributed by atoms with van der Waals surface area (Å²) in [6.07, 6.45) is 3.32. The molecule has 0 spiro atoms. The normalized spacial score (nSPS) is 17.5. The lowest BCUT2D eigenvalue weighted by Crippen LogP contribution is -2.31. The fourth-order valence-corrected chi connectivity index (χ4v) is 5.15. The van der Waals surface area contributed by atoms with Crippen LogP contribution in [0.3, 0.4) is 0 Å². The van der Waals surface area contributed by atoms with Gasteiger partial charge in [-0.3, -0.25) is 19.3 Å². The Balaban J connectivity index is 1.82. The zero-order valence-electron chi connectivity index (χ0n) is 19.7. The number of ether oxygens (including phenoxy) is 2. The summed E-state index contributed by atoms with van der Waals surface area (Å²) in [7, 11) is 1.53. The van der Waals surface area contributed by atoms with Crippen LogP contribution in [0.1, 0.15) is 49.8 Å². The topological polar surface area (TPSA) is 117 Å². The Hall–Kier alpha value is -3.92. The maximum Gasteiger partial charge on any atom is 0.350 e. The van der Waals surface area contributed by atoms with E-state index in [-0.39, 0.29) is 16.6 Å². The van der Waals surface area contributed by atoms with Crippen LogP contribution in [-0.2, 0) is 14.3 Å². The number of hydrogen-bond acceptors (Lipinski definition) is 8. The van der Waals surface area contributed by atoms with Crippen LogP contribution in [0.2, 0.25) is 0 Å². The molecule has 1 amide bonds. The Labute approximate surface area is 205 Å². The zero-order chi connectivity index (χ0) is 25.3. The van der Waals surface area contributed by atoms with E-state index in [1.165, 1.54) is 12.0 Å². The molecule has 180 valence electrons. The number of aromatic nitrogens is 2. The van der Waals surface area contributed by atoms with E-state index in [2.05, 4.69) is 9.97 Å². The quantitative estimate of drug-likeness (QED) is 0.215. The summed E-state index contributed by atoms with van der Waals surface area (Å²) in [5.74, 6) is -3.41. The molecule has 1 N–H and O–H groups in total. The second kappa shape index (κ2) is 9.75. The fourth-order valence-electron chi connectivity index (χ4n) is 4.15. The maximum atomic E-state index is 13.6. The summed E-state index contributed by atoms with van der Waals surface area (Å²) in [4.78, 5) is 61.3. The number of amides is 1. The first-order chi connectivity index (χ1) is 16.8. The number of hydrogen-bond donors (Lipinski definition) is 0. The Kier molecular flexibility index (Phi) is 6.74. The SMILES string of the molecule is CCOC(=O)c1sc(N2C(=O)C(=O)C(C(=O)c3ccc(OC)c(C)c3)C2c2ccc[nH+]c2)nc1C. The minimum absolute atomic E-state index is 0.152. The zero-order valence-corrected chi connectivity index (χ0v) is 20.5. The molecule has 1 saturated heterocycles. The van der Waals surface area contributed by atoms with Gasteiger partial charge < -0.3 is 9.47 Å². The van der Waals surface area contributed by atoms with E-state index in [0.717, 1.165) is 16.9 Å². The molecule has 9 nitrogen and oxygen atoms in total. The average molecular weight is 495 g/mol. The van der Waals surface area contributed by atoms with Gasteiger partial charge in [-0.2, -0.15) is 0 Å². The molecule has 0 aliphatic carbocycles. The van der Waals surface area contributed by atoms with Crippen molar-refractivity contribution in [2.75, 3.05) is 18.6 Å². The second-order valence-electron chi connectivity index (χ2n) is 7.98. The number of esters is 1. The van der Waals surface area contributed by atoms with Crippen LogP contribution >= 0.6 is 11.3 Å². The minimum Gasteiger partial charge on any atom is -0.496 e. The minimum atomic E-state index is -1.29. The van der Waals surface area contributed by atoms with E-state index >= 15 is 0 Å². The number of aromatic amines is 1. The number of H-pyrrole nitrogens is 1. The van der Waals surface area contributed by atoms with Crippen molar-refractivity contribution in [1.29, 1.82) is 0 Å². The van der Waals surface area contributed by atoms with Gasteiger partial charge in [-0.25, -0.2) is 14.8 Å². The summed E-state index contributed by atoms with van der Waals surface area (Å²) >= 11 is 0.955. The highest BCUT2D eigenvalue weighted by molar-refractivity contribution is 7.17. The maximum absolute atomic E-state index is 13.6. The number of nitrogens with zero attached hydrogens (tertiary/aromatic N) is 2. The number of carbonyl (C=O) groups excluding carboxylic acids is 4. The number of benzene rings is 1. The largest absolute Gasteiger partial charge is 0.496 e. The van der Waals surface area contributed by atoms with Crippen molar-refractivity contribution in [1.82, 2.24) is 4.98 Å². The van der Waals surface area contributed by atoms with Crippen LogP contribution in [0.25, 0.3) is 0 Å². The Morgan fingerprint density at radius 2 is 1.97 bits per heavy atom. The van der Waals surface area contributed by atoms with Crippen LogP contribution in [0.5, 0.6) is 5.75 Å². The molecule has 2 aromatic heterocycles. The van der Waals surface area contributed by atoms with Crippen LogP contribution < -0.4 is 14.6 Å². The van der Waals surface area contributed by atoms with Crippen molar-refractivity contribution in [3.8, 4) is 5.75 Å². The highest BCUT2D eigenvalue weighted by Gasteiger charge is 2.54. The number of nitrogens with one attached hydrogen (secondary N) is 1. The van der Waals surface area contributed by atoms with Crippen LogP contribution in [0.15, 0.2) is 42.7 Å². The van der Waals surface area contributed by atoms with Crippen molar-refractivity contribution in [2.24, 2.45) is 5.92 Å². The molecule has 3 aromatic rings. The molecule has 1 aromatic carbocycles. The van der Waals surface area contributed by atoms with E-state index in [0.29, 0.717) is 22.6 Å². The average Bonchev–Trinajstić information content (AvgIpc) is 3.36. The number of methoxy groups -OCH3 is 1. The van der Waals surface area contributed by atoms with E-state index in [1.807, 2.05) is 0 Å². The molecule has 2 unspecified atom stereocenters. The number of thiazole rings is 1. The monoisotopic (exact) mass is 494 g/mol. The number of anilines is 1. The Morgan fingerprint density at radius 1 is 1.20 bits per heavy atom. The van der Waals surface area contributed by atoms with Gasteiger partial charge in [0.05, 0.1) is 25.5 Å². The molecule has 1 aliphatic heterocycles. The van der Waals surface area contributed by atoms with Gasteiger partial charge in [0.2, 0.25) is 5.78 Å². The molecular weight excluding hydrogens is 470 g/mol. The number of Topliss-reactive ketones (excluding diaryl/α,β-unsaturated/α-hetero) is 2. The number of ketones is 2. The van der Waals surface area contributed by atoms with E-state index in [1.54, 1.807) is 63.5 Å². The summed E-state index contributed by atoms with van der Waals surface area (Å²) in [6, 6.07) is 7.38. The number of rotatable bonds is 7. The first-order valence-electron chi connectivity index (χ1n) is 10.9. The summed E-state index contributed by atoms with van der Waals surface area (Å²) in [5.41, 5.74) is 1.96. The first kappa shape index (κ1) is 24.2. The Bertz CT molecular complexity index is 1320. The highest BCUT2D eigenvalue weighted by atomic mass is 32.1. The lowest BCUT2D eigenvalue weighted by atomic mass is 9.86. The van der Waals surface area contributed by atoms with E-state index < -0.39 is 35.4 Å². The van der Waals surface area contributed by atoms with Crippen molar-refractivity contribution >= 4 is 39.9 Å². The molecule has 0 radical (unpaired) electrons. The van der Waals surface area contributed by atoms with Gasteiger partial charge in [-0.05, 0) is 50.6 Å². The van der Waals surface area contributed by atoms with Gasteiger partial charge in [0.1, 0.15) is 16.5 Å². The molecule has 1 aliphatic rings. The van der Waals surface area contributed by atoms with Gasteiger partial charge in [-0.15, -0.1) is 0 Å². The van der Waals surface area contributed by atoms with Crippen molar-refractivity contribution < 1.29 is 33.6 Å². The molecule has 0 bridgehead atoms. The number of aryl methyl sites for hydroxylation is 2. The van der Waals surface area contributed by atoms with Crippen LogP contribution in [0.4, 0.5) is 5.13 Å². The molecule has 10 heteroatoms. The number of pyridine rings is 1. The molecule has 1 fully saturated rings. The van der Waals surface area contributed by atoms with Crippen LogP contribution in [-0.4, -0.2) is 42.1 Å². The lowest BCUT2D eigenvalue weighted by Gasteiger charge is -2.24. The van der Waals surface area contributed by atoms with Gasteiger partial charge in [0.25, 0.3) is 5.91 Å². The summed E-state index contributed by atoms with van der Waals surface area (Å²) in [6.45, 7) is 5.30. The van der Waals surface area contributed by atoms with Crippen LogP contribution in [0, 0.1) is 19.8 Å². The van der Waals surface area contributed by atoms with Crippen molar-refractivity contribution in [3.05, 3.63) is 70.0 Å². The molecular formula is C25H24N3O6S+. The highest BCUT2D eigenvalue weighted by Crippen LogP contribution is 2.43. The van der Waals surface area contributed by atoms with Gasteiger partial charge in [0.15, 0.2) is 23.3 Å². The predicted molar refractivity (Wildman–Crippen MR) is 127 cm³/mol. The van der Waals surface area contributed by atoms with E-state index in [9.17, 15) is 19.2 Å². The lowest BCUT2D eigenvalue weighted by molar-refractivity contribution is -0.378. The first-order valence-corrected chi connectivity index (χ1v) is 11.8. The predicted octanol–water partition coefficient (Wildman–Crippen LogP) is 2.92. The summed E-state index contributed by atoms with van der Waals surface area (Å²) < 4.78 is 10.4. The summed E-state index contributed by atoms with van der Waals surface area (Å²) in [5, 5.41) is 0.152. The smallest absolute Gasteiger partial charge is 0.350 e. The third-order valence-electron chi connectivity index (χ3n) is 5.79. The van der Waals surface area contributed by atoms with Gasteiger partial charge in [-0.1, -0.05) is 11.3 Å². The van der Waals surface area contributed by atoms with Crippen molar-refractivity contribution in [2.45, 2.75) is 26.8 Å². The fraction of sp³-hybridized carbons (Fsp3) is 0.280. The molecule has 35 heavy (non-hydrogen) atoms. The second-order valence-corrected chi connectivity index (χ2v) is 8.96.